The lowest BCUT2D eigenvalue weighted by Crippen LogP contribution is -2.04. The molecule has 0 bridgehead atoms. The van der Waals surface area contributed by atoms with E-state index in [4.69, 9.17) is 23.2 Å². The van der Waals surface area contributed by atoms with Crippen molar-refractivity contribution in [2.45, 2.75) is 6.18 Å². The van der Waals surface area contributed by atoms with Gasteiger partial charge in [-0.15, -0.1) is 0 Å². The Labute approximate surface area is 140 Å². The van der Waals surface area contributed by atoms with E-state index in [2.05, 4.69) is 5.32 Å². The average molecular weight is 360 g/mol. The van der Waals surface area contributed by atoms with E-state index < -0.39 is 11.7 Å². The number of anilines is 1. The molecule has 1 N–H and O–H groups in total. The molecule has 0 aliphatic carbocycles. The first-order chi connectivity index (χ1) is 10.8. The van der Waals surface area contributed by atoms with Crippen LogP contribution in [-0.4, -0.2) is 5.78 Å². The highest BCUT2D eigenvalue weighted by atomic mass is 35.5. The summed E-state index contributed by atoms with van der Waals surface area (Å²) in [5.41, 5.74) is -0.0400. The summed E-state index contributed by atoms with van der Waals surface area (Å²) in [6, 6.07) is 8.93. The van der Waals surface area contributed by atoms with Gasteiger partial charge in [-0.05, 0) is 42.5 Å². The number of hydrogen-bond donors (Lipinski definition) is 1. The van der Waals surface area contributed by atoms with Gasteiger partial charge >= 0.3 is 6.18 Å². The first kappa shape index (κ1) is 17.4. The molecule has 2 rings (SSSR count). The van der Waals surface area contributed by atoms with Crippen LogP contribution in [0.1, 0.15) is 15.9 Å². The van der Waals surface area contributed by atoms with Gasteiger partial charge in [0, 0.05) is 28.5 Å². The van der Waals surface area contributed by atoms with E-state index >= 15 is 0 Å². The van der Waals surface area contributed by atoms with Crippen LogP contribution in [0.4, 0.5) is 18.9 Å². The number of ketones is 1. The third-order valence-electron chi connectivity index (χ3n) is 2.89. The van der Waals surface area contributed by atoms with E-state index in [1.54, 1.807) is 0 Å². The molecule has 0 unspecified atom stereocenters. The summed E-state index contributed by atoms with van der Waals surface area (Å²) in [5.74, 6) is -0.355. The summed E-state index contributed by atoms with van der Waals surface area (Å²) in [6.07, 6.45) is -1.82. The number of allylic oxidation sites excluding steroid dienone is 1. The zero-order valence-corrected chi connectivity index (χ0v) is 13.0. The predicted octanol–water partition coefficient (Wildman–Crippen LogP) is 5.82. The highest BCUT2D eigenvalue weighted by molar-refractivity contribution is 6.37. The van der Waals surface area contributed by atoms with Crippen molar-refractivity contribution in [3.63, 3.8) is 0 Å². The van der Waals surface area contributed by atoms with Crippen LogP contribution in [0.25, 0.3) is 0 Å². The van der Waals surface area contributed by atoms with Crippen LogP contribution in [-0.2, 0) is 6.18 Å². The Bertz CT molecular complexity index is 740. The third kappa shape index (κ3) is 4.74. The van der Waals surface area contributed by atoms with Crippen molar-refractivity contribution in [2.24, 2.45) is 0 Å². The number of carbonyl (C=O) groups is 1. The lowest BCUT2D eigenvalue weighted by atomic mass is 10.1. The smallest absolute Gasteiger partial charge is 0.362 e. The normalized spacial score (nSPS) is 11.7. The first-order valence-corrected chi connectivity index (χ1v) is 7.13. The lowest BCUT2D eigenvalue weighted by molar-refractivity contribution is -0.137. The zero-order chi connectivity index (χ0) is 17.0. The van der Waals surface area contributed by atoms with Crippen LogP contribution in [0.2, 0.25) is 10.0 Å². The second kappa shape index (κ2) is 7.06. The van der Waals surface area contributed by atoms with E-state index in [0.29, 0.717) is 10.7 Å². The quantitative estimate of drug-likeness (QED) is 0.550. The van der Waals surface area contributed by atoms with Crippen LogP contribution >= 0.6 is 23.2 Å². The maximum absolute atomic E-state index is 12.4. The number of halogens is 5. The molecule has 0 fully saturated rings. The van der Waals surface area contributed by atoms with Crippen LogP contribution in [0, 0.1) is 0 Å². The van der Waals surface area contributed by atoms with Crippen molar-refractivity contribution in [2.75, 3.05) is 5.32 Å². The lowest BCUT2D eigenvalue weighted by Gasteiger charge is -2.07. The molecule has 0 atom stereocenters. The molecule has 2 aromatic carbocycles. The Hall–Kier alpha value is -1.98. The van der Waals surface area contributed by atoms with Gasteiger partial charge < -0.3 is 5.32 Å². The van der Waals surface area contributed by atoms with Crippen LogP contribution in [0.3, 0.4) is 0 Å². The Balaban J connectivity index is 2.02. The van der Waals surface area contributed by atoms with Crippen LogP contribution in [0.15, 0.2) is 54.7 Å². The molecule has 0 saturated carbocycles. The predicted molar refractivity (Wildman–Crippen MR) is 85.0 cm³/mol. The Morgan fingerprint density at radius 1 is 1.04 bits per heavy atom. The minimum Gasteiger partial charge on any atom is -0.362 e. The molecular weight excluding hydrogens is 350 g/mol. The Kier molecular flexibility index (Phi) is 5.34. The molecule has 2 aromatic rings. The number of hydrogen-bond acceptors (Lipinski definition) is 2. The maximum Gasteiger partial charge on any atom is 0.416 e. The van der Waals surface area contributed by atoms with E-state index in [-0.39, 0.29) is 16.4 Å². The van der Waals surface area contributed by atoms with Crippen molar-refractivity contribution >= 4 is 34.7 Å². The molecule has 0 aliphatic heterocycles. The molecule has 0 saturated heterocycles. The van der Waals surface area contributed by atoms with Gasteiger partial charge in [-0.1, -0.05) is 23.2 Å². The van der Waals surface area contributed by atoms with Gasteiger partial charge in [-0.3, -0.25) is 4.79 Å². The summed E-state index contributed by atoms with van der Waals surface area (Å²) in [4.78, 5) is 11.9. The molecular formula is C16H10Cl2F3NO. The second-order valence-corrected chi connectivity index (χ2v) is 5.38. The molecule has 7 heteroatoms. The van der Waals surface area contributed by atoms with Gasteiger partial charge in [0.25, 0.3) is 0 Å². The van der Waals surface area contributed by atoms with Gasteiger partial charge in [0.1, 0.15) is 0 Å². The highest BCUT2D eigenvalue weighted by Crippen LogP contribution is 2.29. The molecule has 2 nitrogen and oxygen atoms in total. The third-order valence-corrected chi connectivity index (χ3v) is 3.44. The zero-order valence-electron chi connectivity index (χ0n) is 11.5. The molecule has 0 aliphatic rings. The van der Waals surface area contributed by atoms with E-state index in [1.165, 1.54) is 42.6 Å². The van der Waals surface area contributed by atoms with E-state index in [9.17, 15) is 18.0 Å². The first-order valence-electron chi connectivity index (χ1n) is 6.37. The SMILES string of the molecule is O=C(C=CNc1ccc(C(F)(F)F)cc1)c1ccc(Cl)cc1Cl. The summed E-state index contributed by atoms with van der Waals surface area (Å²) in [6.45, 7) is 0. The van der Waals surface area contributed by atoms with Crippen molar-refractivity contribution < 1.29 is 18.0 Å². The van der Waals surface area contributed by atoms with Crippen molar-refractivity contribution in [1.29, 1.82) is 0 Å². The second-order valence-electron chi connectivity index (χ2n) is 4.54. The van der Waals surface area contributed by atoms with Gasteiger partial charge in [0.2, 0.25) is 0 Å². The highest BCUT2D eigenvalue weighted by Gasteiger charge is 2.29. The molecule has 0 radical (unpaired) electrons. The maximum atomic E-state index is 12.4. The van der Waals surface area contributed by atoms with Crippen molar-refractivity contribution in [1.82, 2.24) is 0 Å². The van der Waals surface area contributed by atoms with E-state index in [0.717, 1.165) is 12.1 Å². The van der Waals surface area contributed by atoms with Crippen molar-refractivity contribution in [3.8, 4) is 0 Å². The summed E-state index contributed by atoms with van der Waals surface area (Å²) in [7, 11) is 0. The molecule has 120 valence electrons. The fraction of sp³-hybridized carbons (Fsp3) is 0.0625. The standard InChI is InChI=1S/C16H10Cl2F3NO/c17-11-3-6-13(14(18)9-11)15(23)7-8-22-12-4-1-10(2-5-12)16(19,20)21/h1-9,22H. The number of benzene rings is 2. The van der Waals surface area contributed by atoms with Gasteiger partial charge in [-0.25, -0.2) is 0 Å². The summed E-state index contributed by atoms with van der Waals surface area (Å²) >= 11 is 11.7. The molecule has 0 amide bonds. The minimum atomic E-state index is -4.38. The minimum absolute atomic E-state index is 0.224. The Morgan fingerprint density at radius 2 is 1.70 bits per heavy atom. The number of rotatable bonds is 4. The van der Waals surface area contributed by atoms with Gasteiger partial charge in [0.15, 0.2) is 5.78 Å². The van der Waals surface area contributed by atoms with E-state index in [1.807, 2.05) is 0 Å². The van der Waals surface area contributed by atoms with Crippen LogP contribution < -0.4 is 5.32 Å². The molecule has 0 aromatic heterocycles. The monoisotopic (exact) mass is 359 g/mol. The topological polar surface area (TPSA) is 29.1 Å². The molecule has 23 heavy (non-hydrogen) atoms. The fourth-order valence-corrected chi connectivity index (χ4v) is 2.25. The number of nitrogens with one attached hydrogen (secondary N) is 1. The van der Waals surface area contributed by atoms with Gasteiger partial charge in [0.05, 0.1) is 10.6 Å². The van der Waals surface area contributed by atoms with Crippen molar-refractivity contribution in [3.05, 3.63) is 75.9 Å². The Morgan fingerprint density at radius 3 is 2.26 bits per heavy atom. The largest absolute Gasteiger partial charge is 0.416 e. The molecule has 0 spiro atoms. The summed E-state index contributed by atoms with van der Waals surface area (Å²) in [5, 5.41) is 3.36. The number of alkyl halides is 3. The fourth-order valence-electron chi connectivity index (χ4n) is 1.75. The molecule has 0 heterocycles. The van der Waals surface area contributed by atoms with Gasteiger partial charge in [-0.2, -0.15) is 13.2 Å². The van der Waals surface area contributed by atoms with Crippen LogP contribution in [0.5, 0.6) is 0 Å². The number of carbonyl (C=O) groups excluding carboxylic acids is 1. The average Bonchev–Trinajstić information content (AvgIpc) is 2.46. The summed E-state index contributed by atoms with van der Waals surface area (Å²) < 4.78 is 37.3.